The molecule has 2 N–H and O–H groups in total. The van der Waals surface area contributed by atoms with E-state index < -0.39 is 0 Å². The molecule has 1 fully saturated rings. The van der Waals surface area contributed by atoms with E-state index in [1.807, 2.05) is 12.1 Å². The quantitative estimate of drug-likeness (QED) is 0.882. The molecule has 2 aromatic carbocycles. The first kappa shape index (κ1) is 16.0. The first-order valence-corrected chi connectivity index (χ1v) is 8.71. The van der Waals surface area contributed by atoms with Crippen molar-refractivity contribution in [2.45, 2.75) is 38.6 Å². The third-order valence-electron chi connectivity index (χ3n) is 4.89. The number of benzene rings is 2. The molecule has 1 saturated heterocycles. The minimum absolute atomic E-state index is 0.0557. The van der Waals surface area contributed by atoms with Crippen LogP contribution in [0.2, 0.25) is 0 Å². The third-order valence-corrected chi connectivity index (χ3v) is 4.89. The van der Waals surface area contributed by atoms with Crippen LogP contribution in [0.25, 0.3) is 10.8 Å². The van der Waals surface area contributed by atoms with Gasteiger partial charge in [-0.1, -0.05) is 36.4 Å². The maximum Gasteiger partial charge on any atom is 0.220 e. The highest BCUT2D eigenvalue weighted by Crippen LogP contribution is 2.21. The average molecular weight is 310 g/mol. The number of rotatable bonds is 5. The van der Waals surface area contributed by atoms with E-state index in [4.69, 9.17) is 0 Å². The molecule has 1 heterocycles. The lowest BCUT2D eigenvalue weighted by molar-refractivity contribution is -0.122. The van der Waals surface area contributed by atoms with E-state index in [1.165, 1.54) is 29.2 Å². The van der Waals surface area contributed by atoms with Crippen molar-refractivity contribution in [2.24, 2.45) is 5.92 Å². The Bertz CT molecular complexity index is 661. The first-order valence-electron chi connectivity index (χ1n) is 8.71. The second kappa shape index (κ2) is 7.60. The second-order valence-corrected chi connectivity index (χ2v) is 6.63. The van der Waals surface area contributed by atoms with Crippen LogP contribution in [0.15, 0.2) is 42.5 Å². The summed E-state index contributed by atoms with van der Waals surface area (Å²) < 4.78 is 0. The lowest BCUT2D eigenvalue weighted by Gasteiger charge is -2.22. The summed E-state index contributed by atoms with van der Waals surface area (Å²) in [6.45, 7) is 4.26. The highest BCUT2D eigenvalue weighted by Gasteiger charge is 2.16. The van der Waals surface area contributed by atoms with Crippen LogP contribution in [0.5, 0.6) is 0 Å². The van der Waals surface area contributed by atoms with Crippen LogP contribution in [-0.4, -0.2) is 19.0 Å². The molecule has 23 heavy (non-hydrogen) atoms. The molecule has 0 aliphatic carbocycles. The number of amides is 1. The number of hydrogen-bond acceptors (Lipinski definition) is 2. The Balaban J connectivity index is 1.54. The van der Waals surface area contributed by atoms with E-state index >= 15 is 0 Å². The summed E-state index contributed by atoms with van der Waals surface area (Å²) in [7, 11) is 0. The van der Waals surface area contributed by atoms with Crippen LogP contribution in [-0.2, 0) is 4.79 Å². The van der Waals surface area contributed by atoms with Crippen LogP contribution in [0.4, 0.5) is 0 Å². The normalized spacial score (nSPS) is 17.1. The minimum Gasteiger partial charge on any atom is -0.350 e. The van der Waals surface area contributed by atoms with Gasteiger partial charge >= 0.3 is 0 Å². The van der Waals surface area contributed by atoms with Crippen molar-refractivity contribution in [1.29, 1.82) is 0 Å². The zero-order valence-corrected chi connectivity index (χ0v) is 13.8. The summed E-state index contributed by atoms with van der Waals surface area (Å²) in [6.07, 6.45) is 4.06. The number of fused-ring (bicyclic) bond motifs is 1. The van der Waals surface area contributed by atoms with E-state index in [-0.39, 0.29) is 11.9 Å². The molecule has 0 spiro atoms. The first-order chi connectivity index (χ1) is 11.2. The molecule has 1 unspecified atom stereocenters. The van der Waals surface area contributed by atoms with Crippen LogP contribution in [0, 0.1) is 5.92 Å². The van der Waals surface area contributed by atoms with Gasteiger partial charge in [0.2, 0.25) is 5.91 Å². The lowest BCUT2D eigenvalue weighted by atomic mass is 9.93. The fourth-order valence-corrected chi connectivity index (χ4v) is 3.38. The monoisotopic (exact) mass is 310 g/mol. The van der Waals surface area contributed by atoms with Gasteiger partial charge in [-0.25, -0.2) is 0 Å². The van der Waals surface area contributed by atoms with Gasteiger partial charge in [0.1, 0.15) is 0 Å². The topological polar surface area (TPSA) is 41.1 Å². The Morgan fingerprint density at radius 1 is 1.17 bits per heavy atom. The van der Waals surface area contributed by atoms with Crippen molar-refractivity contribution in [3.05, 3.63) is 48.0 Å². The summed E-state index contributed by atoms with van der Waals surface area (Å²) in [4.78, 5) is 12.2. The number of hydrogen-bond donors (Lipinski definition) is 2. The highest BCUT2D eigenvalue weighted by atomic mass is 16.1. The molecule has 0 bridgehead atoms. The van der Waals surface area contributed by atoms with Gasteiger partial charge in [-0.15, -0.1) is 0 Å². The maximum absolute atomic E-state index is 12.2. The van der Waals surface area contributed by atoms with Gasteiger partial charge in [-0.05, 0) is 67.6 Å². The van der Waals surface area contributed by atoms with Crippen LogP contribution < -0.4 is 10.6 Å². The van der Waals surface area contributed by atoms with Gasteiger partial charge < -0.3 is 10.6 Å². The van der Waals surface area contributed by atoms with E-state index in [2.05, 4.69) is 47.9 Å². The Morgan fingerprint density at radius 3 is 2.70 bits per heavy atom. The van der Waals surface area contributed by atoms with E-state index in [1.54, 1.807) is 0 Å². The SMILES string of the molecule is CC(NC(=O)CCC1CCNCC1)c1ccc2ccccc2c1. The Hall–Kier alpha value is -1.87. The van der Waals surface area contributed by atoms with Gasteiger partial charge in [0, 0.05) is 6.42 Å². The molecule has 3 nitrogen and oxygen atoms in total. The Morgan fingerprint density at radius 2 is 1.91 bits per heavy atom. The van der Waals surface area contributed by atoms with E-state index in [0.29, 0.717) is 12.3 Å². The summed E-state index contributed by atoms with van der Waals surface area (Å²) in [5, 5.41) is 8.98. The van der Waals surface area contributed by atoms with E-state index in [9.17, 15) is 4.79 Å². The number of carbonyl (C=O) groups is 1. The van der Waals surface area contributed by atoms with E-state index in [0.717, 1.165) is 19.5 Å². The summed E-state index contributed by atoms with van der Waals surface area (Å²) >= 11 is 0. The van der Waals surface area contributed by atoms with Gasteiger partial charge in [0.15, 0.2) is 0 Å². The zero-order valence-electron chi connectivity index (χ0n) is 13.8. The molecule has 122 valence electrons. The molecule has 0 aromatic heterocycles. The molecule has 1 aliphatic rings. The lowest BCUT2D eigenvalue weighted by Crippen LogP contribution is -2.30. The Kier molecular flexibility index (Phi) is 5.29. The fraction of sp³-hybridized carbons (Fsp3) is 0.450. The highest BCUT2D eigenvalue weighted by molar-refractivity contribution is 5.83. The van der Waals surface area contributed by atoms with Gasteiger partial charge in [0.05, 0.1) is 6.04 Å². The number of piperidine rings is 1. The van der Waals surface area contributed by atoms with Gasteiger partial charge in [-0.2, -0.15) is 0 Å². The van der Waals surface area contributed by atoms with Gasteiger partial charge in [-0.3, -0.25) is 4.79 Å². The van der Waals surface area contributed by atoms with Crippen LogP contribution >= 0.6 is 0 Å². The zero-order chi connectivity index (χ0) is 16.1. The number of nitrogens with one attached hydrogen (secondary N) is 2. The fourth-order valence-electron chi connectivity index (χ4n) is 3.38. The van der Waals surface area contributed by atoms with Crippen molar-refractivity contribution < 1.29 is 4.79 Å². The molecule has 3 heteroatoms. The molecule has 1 aliphatic heterocycles. The largest absolute Gasteiger partial charge is 0.350 e. The standard InChI is InChI=1S/C20H26N2O/c1-15(18-8-7-17-4-2-3-5-19(17)14-18)22-20(23)9-6-16-10-12-21-13-11-16/h2-5,7-8,14-16,21H,6,9-13H2,1H3,(H,22,23). The summed E-state index contributed by atoms with van der Waals surface area (Å²) in [5.74, 6) is 0.877. The molecule has 3 rings (SSSR count). The molecular formula is C20H26N2O. The number of carbonyl (C=O) groups excluding carboxylic acids is 1. The average Bonchev–Trinajstić information content (AvgIpc) is 2.60. The predicted molar refractivity (Wildman–Crippen MR) is 95.3 cm³/mol. The molecule has 0 radical (unpaired) electrons. The predicted octanol–water partition coefficient (Wildman–Crippen LogP) is 3.80. The summed E-state index contributed by atoms with van der Waals surface area (Å²) in [5.41, 5.74) is 1.17. The van der Waals surface area contributed by atoms with Crippen molar-refractivity contribution >= 4 is 16.7 Å². The maximum atomic E-state index is 12.2. The summed E-state index contributed by atoms with van der Waals surface area (Å²) in [6, 6.07) is 14.8. The van der Waals surface area contributed by atoms with Gasteiger partial charge in [0.25, 0.3) is 0 Å². The minimum atomic E-state index is 0.0557. The second-order valence-electron chi connectivity index (χ2n) is 6.63. The van der Waals surface area contributed by atoms with Crippen LogP contribution in [0.1, 0.15) is 44.2 Å². The van der Waals surface area contributed by atoms with Crippen molar-refractivity contribution in [1.82, 2.24) is 10.6 Å². The molecule has 1 amide bonds. The van der Waals surface area contributed by atoms with Crippen LogP contribution in [0.3, 0.4) is 0 Å². The Labute approximate surface area is 138 Å². The smallest absolute Gasteiger partial charge is 0.220 e. The van der Waals surface area contributed by atoms with Crippen molar-refractivity contribution in [3.8, 4) is 0 Å². The van der Waals surface area contributed by atoms with Crippen molar-refractivity contribution in [2.75, 3.05) is 13.1 Å². The molecular weight excluding hydrogens is 284 g/mol. The van der Waals surface area contributed by atoms with Crippen molar-refractivity contribution in [3.63, 3.8) is 0 Å². The molecule has 0 saturated carbocycles. The molecule has 2 aromatic rings. The third kappa shape index (κ3) is 4.32. The molecule has 1 atom stereocenters.